The van der Waals surface area contributed by atoms with Crippen molar-refractivity contribution in [1.82, 2.24) is 0 Å². The van der Waals surface area contributed by atoms with E-state index in [2.05, 4.69) is 20.7 Å². The second-order valence-corrected chi connectivity index (χ2v) is 4.06. The predicted octanol–water partition coefficient (Wildman–Crippen LogP) is 4.45. The third-order valence-electron chi connectivity index (χ3n) is 2.12. The van der Waals surface area contributed by atoms with Gasteiger partial charge < -0.3 is 4.74 Å². The molecular formula is C10H10BrClF2O. The topological polar surface area (TPSA) is 9.23 Å². The van der Waals surface area contributed by atoms with E-state index in [-0.39, 0.29) is 5.75 Å². The molecule has 0 amide bonds. The van der Waals surface area contributed by atoms with Crippen LogP contribution in [-0.2, 0) is 5.33 Å². The van der Waals surface area contributed by atoms with E-state index < -0.39 is 6.61 Å². The van der Waals surface area contributed by atoms with Gasteiger partial charge in [0.25, 0.3) is 0 Å². The Balaban J connectivity index is 3.25. The fourth-order valence-corrected chi connectivity index (χ4v) is 2.19. The lowest BCUT2D eigenvalue weighted by Gasteiger charge is -2.14. The number of halogens is 4. The lowest BCUT2D eigenvalue weighted by molar-refractivity contribution is -0.0503. The SMILES string of the molecule is Cc1cc(OC(F)F)c(CBr)c(C)c1Cl. The average Bonchev–Trinajstić information content (AvgIpc) is 2.14. The molecule has 0 N–H and O–H groups in total. The van der Waals surface area contributed by atoms with Crippen LogP contribution >= 0.6 is 27.5 Å². The zero-order valence-corrected chi connectivity index (χ0v) is 10.6. The van der Waals surface area contributed by atoms with Crippen molar-refractivity contribution in [2.45, 2.75) is 25.8 Å². The molecule has 15 heavy (non-hydrogen) atoms. The van der Waals surface area contributed by atoms with Gasteiger partial charge in [0.15, 0.2) is 0 Å². The van der Waals surface area contributed by atoms with Crippen molar-refractivity contribution in [1.29, 1.82) is 0 Å². The number of benzene rings is 1. The zero-order valence-electron chi connectivity index (χ0n) is 8.28. The van der Waals surface area contributed by atoms with Crippen LogP contribution in [-0.4, -0.2) is 6.61 Å². The van der Waals surface area contributed by atoms with Gasteiger partial charge in [0.05, 0.1) is 0 Å². The molecule has 84 valence electrons. The van der Waals surface area contributed by atoms with Crippen LogP contribution in [0.4, 0.5) is 8.78 Å². The normalized spacial score (nSPS) is 10.9. The van der Waals surface area contributed by atoms with Crippen LogP contribution in [0.1, 0.15) is 16.7 Å². The first-order valence-electron chi connectivity index (χ1n) is 4.26. The van der Waals surface area contributed by atoms with Crippen LogP contribution in [0.3, 0.4) is 0 Å². The summed E-state index contributed by atoms with van der Waals surface area (Å²) >= 11 is 9.23. The largest absolute Gasteiger partial charge is 0.434 e. The van der Waals surface area contributed by atoms with Crippen molar-refractivity contribution in [2.75, 3.05) is 0 Å². The second kappa shape index (κ2) is 5.12. The van der Waals surface area contributed by atoms with Crippen LogP contribution in [0.25, 0.3) is 0 Å². The zero-order chi connectivity index (χ0) is 11.6. The Morgan fingerprint density at radius 3 is 2.53 bits per heavy atom. The summed E-state index contributed by atoms with van der Waals surface area (Å²) in [5.74, 6) is 0.182. The van der Waals surface area contributed by atoms with Gasteiger partial charge in [-0.05, 0) is 31.0 Å². The maximum Gasteiger partial charge on any atom is 0.387 e. The Kier molecular flexibility index (Phi) is 4.34. The fraction of sp³-hybridized carbons (Fsp3) is 0.400. The van der Waals surface area contributed by atoms with E-state index in [1.807, 2.05) is 0 Å². The highest BCUT2D eigenvalue weighted by Gasteiger charge is 2.15. The first-order valence-corrected chi connectivity index (χ1v) is 5.76. The summed E-state index contributed by atoms with van der Waals surface area (Å²) in [6.07, 6.45) is 0. The third kappa shape index (κ3) is 2.82. The first kappa shape index (κ1) is 12.7. The Labute approximate surface area is 101 Å². The molecule has 0 aliphatic rings. The molecule has 1 rings (SSSR count). The number of ether oxygens (including phenoxy) is 1. The third-order valence-corrected chi connectivity index (χ3v) is 3.27. The maximum atomic E-state index is 12.1. The Morgan fingerprint density at radius 2 is 2.07 bits per heavy atom. The van der Waals surface area contributed by atoms with Crippen LogP contribution < -0.4 is 4.74 Å². The van der Waals surface area contributed by atoms with Crippen LogP contribution in [0, 0.1) is 13.8 Å². The molecule has 0 aliphatic carbocycles. The smallest absolute Gasteiger partial charge is 0.387 e. The minimum absolute atomic E-state index is 0.182. The van der Waals surface area contributed by atoms with Gasteiger partial charge in [0.1, 0.15) is 5.75 Å². The van der Waals surface area contributed by atoms with E-state index in [9.17, 15) is 8.78 Å². The number of hydrogen-bond acceptors (Lipinski definition) is 1. The predicted molar refractivity (Wildman–Crippen MR) is 60.2 cm³/mol. The number of aryl methyl sites for hydroxylation is 1. The fourth-order valence-electron chi connectivity index (χ4n) is 1.33. The number of hydrogen-bond donors (Lipinski definition) is 0. The highest BCUT2D eigenvalue weighted by atomic mass is 79.9. The van der Waals surface area contributed by atoms with Crippen molar-refractivity contribution < 1.29 is 13.5 Å². The monoisotopic (exact) mass is 298 g/mol. The van der Waals surface area contributed by atoms with E-state index >= 15 is 0 Å². The molecule has 0 spiro atoms. The molecule has 0 heterocycles. The van der Waals surface area contributed by atoms with Crippen LogP contribution in [0.5, 0.6) is 5.75 Å². The van der Waals surface area contributed by atoms with Gasteiger partial charge in [0.2, 0.25) is 0 Å². The highest BCUT2D eigenvalue weighted by molar-refractivity contribution is 9.08. The average molecular weight is 300 g/mol. The van der Waals surface area contributed by atoms with Gasteiger partial charge >= 0.3 is 6.61 Å². The number of rotatable bonds is 3. The van der Waals surface area contributed by atoms with Gasteiger partial charge in [0, 0.05) is 15.9 Å². The van der Waals surface area contributed by atoms with Gasteiger partial charge in [-0.2, -0.15) is 8.78 Å². The Bertz CT molecular complexity index is 369. The number of alkyl halides is 3. The van der Waals surface area contributed by atoms with Gasteiger partial charge in [-0.15, -0.1) is 0 Å². The van der Waals surface area contributed by atoms with Crippen LogP contribution in [0.15, 0.2) is 6.07 Å². The van der Waals surface area contributed by atoms with E-state index in [0.717, 1.165) is 11.1 Å². The molecule has 1 aromatic carbocycles. The molecule has 1 nitrogen and oxygen atoms in total. The summed E-state index contributed by atoms with van der Waals surface area (Å²) in [6, 6.07) is 1.53. The minimum Gasteiger partial charge on any atom is -0.434 e. The minimum atomic E-state index is -2.82. The summed E-state index contributed by atoms with van der Waals surface area (Å²) in [7, 11) is 0. The molecule has 0 atom stereocenters. The molecule has 0 fully saturated rings. The first-order chi connectivity index (χ1) is 6.97. The van der Waals surface area contributed by atoms with Gasteiger partial charge in [-0.3, -0.25) is 0 Å². The van der Waals surface area contributed by atoms with Crippen molar-refractivity contribution in [3.8, 4) is 5.75 Å². The lowest BCUT2D eigenvalue weighted by Crippen LogP contribution is -2.05. The summed E-state index contributed by atoms with van der Waals surface area (Å²) in [4.78, 5) is 0. The Hall–Kier alpha value is -0.350. The van der Waals surface area contributed by atoms with Gasteiger partial charge in [-0.25, -0.2) is 0 Å². The quantitative estimate of drug-likeness (QED) is 0.749. The van der Waals surface area contributed by atoms with E-state index in [4.69, 9.17) is 11.6 Å². The van der Waals surface area contributed by atoms with Crippen LogP contribution in [0.2, 0.25) is 5.02 Å². The van der Waals surface area contributed by atoms with Crippen molar-refractivity contribution in [3.63, 3.8) is 0 Å². The van der Waals surface area contributed by atoms with Crippen molar-refractivity contribution in [3.05, 3.63) is 27.8 Å². The lowest BCUT2D eigenvalue weighted by atomic mass is 10.1. The summed E-state index contributed by atoms with van der Waals surface area (Å²) in [5, 5.41) is 1.02. The molecule has 5 heteroatoms. The molecule has 0 radical (unpaired) electrons. The maximum absolute atomic E-state index is 12.1. The molecule has 0 aromatic heterocycles. The summed E-state index contributed by atoms with van der Waals surface area (Å²) in [6.45, 7) is 0.721. The molecule has 0 bridgehead atoms. The van der Waals surface area contributed by atoms with E-state index in [1.165, 1.54) is 6.07 Å². The summed E-state index contributed by atoms with van der Waals surface area (Å²) < 4.78 is 28.7. The van der Waals surface area contributed by atoms with Crippen molar-refractivity contribution >= 4 is 27.5 Å². The van der Waals surface area contributed by atoms with Gasteiger partial charge in [-0.1, -0.05) is 27.5 Å². The molecular weight excluding hydrogens is 289 g/mol. The molecule has 0 saturated heterocycles. The molecule has 1 aromatic rings. The summed E-state index contributed by atoms with van der Waals surface area (Å²) in [5.41, 5.74) is 2.16. The Morgan fingerprint density at radius 1 is 1.47 bits per heavy atom. The highest BCUT2D eigenvalue weighted by Crippen LogP contribution is 2.33. The second-order valence-electron chi connectivity index (χ2n) is 3.12. The molecule has 0 saturated carbocycles. The molecule has 0 unspecified atom stereocenters. The molecule has 0 aliphatic heterocycles. The van der Waals surface area contributed by atoms with E-state index in [0.29, 0.717) is 15.9 Å². The standard InChI is InChI=1S/C10H10BrClF2O/c1-5-3-8(15-10(13)14)7(4-11)6(2)9(5)12/h3,10H,4H2,1-2H3. The van der Waals surface area contributed by atoms with E-state index in [1.54, 1.807) is 13.8 Å². The van der Waals surface area contributed by atoms with Crippen molar-refractivity contribution in [2.24, 2.45) is 0 Å².